The van der Waals surface area contributed by atoms with E-state index < -0.39 is 6.04 Å². The molecule has 2 aliphatic heterocycles. The monoisotopic (exact) mass is 361 g/mol. The highest BCUT2D eigenvalue weighted by Crippen LogP contribution is 2.35. The van der Waals surface area contributed by atoms with Crippen LogP contribution in [0, 0.1) is 0 Å². The van der Waals surface area contributed by atoms with Gasteiger partial charge in [-0.3, -0.25) is 14.4 Å². The van der Waals surface area contributed by atoms with E-state index in [0.29, 0.717) is 11.4 Å². The standard InChI is InChI=1S/C21H19N3O3/c1-14(25)23-11-10-15-6-2-3-7-16(15)19(23)12-21(27)24-13-20(26)22-17-8-4-5-9-18(17)24/h2-11,19H,12-13H2,1H3,(H,22,26)/t19-/m0/s1. The number of para-hydroxylation sites is 2. The third-order valence-electron chi connectivity index (χ3n) is 4.91. The number of nitrogens with zero attached hydrogens (tertiary/aromatic N) is 2. The SMILES string of the molecule is CC(=O)N1C=Cc2ccccc2[C@@H]1CC(=O)N1CC(=O)Nc2ccccc21. The molecule has 6 heteroatoms. The van der Waals surface area contributed by atoms with Crippen molar-refractivity contribution in [3.05, 3.63) is 65.9 Å². The first-order valence-corrected chi connectivity index (χ1v) is 8.80. The molecule has 0 aromatic heterocycles. The zero-order chi connectivity index (χ0) is 19.0. The fourth-order valence-corrected chi connectivity index (χ4v) is 3.64. The summed E-state index contributed by atoms with van der Waals surface area (Å²) < 4.78 is 0. The van der Waals surface area contributed by atoms with Crippen LogP contribution < -0.4 is 10.2 Å². The van der Waals surface area contributed by atoms with E-state index in [9.17, 15) is 14.4 Å². The van der Waals surface area contributed by atoms with Crippen molar-refractivity contribution in [2.24, 2.45) is 0 Å². The lowest BCUT2D eigenvalue weighted by atomic mass is 9.93. The smallest absolute Gasteiger partial charge is 0.244 e. The van der Waals surface area contributed by atoms with E-state index in [1.807, 2.05) is 48.5 Å². The lowest BCUT2D eigenvalue weighted by molar-refractivity contribution is -0.130. The Balaban J connectivity index is 1.66. The van der Waals surface area contributed by atoms with E-state index in [1.165, 1.54) is 11.8 Å². The minimum Gasteiger partial charge on any atom is -0.323 e. The molecule has 6 nitrogen and oxygen atoms in total. The molecule has 0 saturated carbocycles. The molecule has 0 spiro atoms. The molecular weight excluding hydrogens is 342 g/mol. The van der Waals surface area contributed by atoms with Gasteiger partial charge in [-0.15, -0.1) is 0 Å². The fraction of sp³-hybridized carbons (Fsp3) is 0.190. The lowest BCUT2D eigenvalue weighted by Gasteiger charge is -2.35. The largest absolute Gasteiger partial charge is 0.323 e. The number of amides is 3. The number of carbonyl (C=O) groups excluding carboxylic acids is 3. The third-order valence-corrected chi connectivity index (χ3v) is 4.91. The number of anilines is 2. The van der Waals surface area contributed by atoms with Crippen LogP contribution in [0.3, 0.4) is 0 Å². The molecule has 27 heavy (non-hydrogen) atoms. The van der Waals surface area contributed by atoms with E-state index in [-0.39, 0.29) is 30.7 Å². The molecule has 0 radical (unpaired) electrons. The molecule has 0 saturated heterocycles. The molecule has 2 aliphatic rings. The number of fused-ring (bicyclic) bond motifs is 2. The first-order valence-electron chi connectivity index (χ1n) is 8.80. The van der Waals surface area contributed by atoms with Crippen LogP contribution >= 0.6 is 0 Å². The molecule has 2 aromatic carbocycles. The molecule has 0 bridgehead atoms. The number of rotatable bonds is 2. The van der Waals surface area contributed by atoms with Crippen LogP contribution in [-0.4, -0.2) is 29.2 Å². The van der Waals surface area contributed by atoms with Crippen LogP contribution in [0.25, 0.3) is 6.08 Å². The van der Waals surface area contributed by atoms with Crippen LogP contribution in [0.4, 0.5) is 11.4 Å². The Hall–Kier alpha value is -3.41. The maximum absolute atomic E-state index is 13.1. The molecule has 0 fully saturated rings. The molecule has 3 amide bonds. The highest BCUT2D eigenvalue weighted by Gasteiger charge is 2.33. The van der Waals surface area contributed by atoms with Gasteiger partial charge in [0.25, 0.3) is 0 Å². The first-order chi connectivity index (χ1) is 13.0. The van der Waals surface area contributed by atoms with E-state index in [4.69, 9.17) is 0 Å². The Bertz CT molecular complexity index is 967. The summed E-state index contributed by atoms with van der Waals surface area (Å²) in [4.78, 5) is 40.3. The predicted octanol–water partition coefficient (Wildman–Crippen LogP) is 2.94. The normalized spacial score (nSPS) is 17.8. The van der Waals surface area contributed by atoms with Gasteiger partial charge in [0.1, 0.15) is 6.54 Å². The third kappa shape index (κ3) is 3.10. The average molecular weight is 361 g/mol. The van der Waals surface area contributed by atoms with Crippen LogP contribution in [0.5, 0.6) is 0 Å². The van der Waals surface area contributed by atoms with Gasteiger partial charge in [0.2, 0.25) is 17.7 Å². The van der Waals surface area contributed by atoms with Gasteiger partial charge in [-0.25, -0.2) is 0 Å². The topological polar surface area (TPSA) is 69.7 Å². The van der Waals surface area contributed by atoms with Crippen molar-refractivity contribution in [2.45, 2.75) is 19.4 Å². The van der Waals surface area contributed by atoms with E-state index >= 15 is 0 Å². The molecular formula is C21H19N3O3. The molecule has 0 unspecified atom stereocenters. The summed E-state index contributed by atoms with van der Waals surface area (Å²) in [5.41, 5.74) is 3.22. The second-order valence-electron chi connectivity index (χ2n) is 6.64. The molecule has 1 N–H and O–H groups in total. The van der Waals surface area contributed by atoms with Gasteiger partial charge in [-0.05, 0) is 29.3 Å². The van der Waals surface area contributed by atoms with Crippen molar-refractivity contribution >= 4 is 35.2 Å². The number of nitrogens with one attached hydrogen (secondary N) is 1. The van der Waals surface area contributed by atoms with E-state index in [0.717, 1.165) is 11.1 Å². The van der Waals surface area contributed by atoms with Gasteiger partial charge in [0.15, 0.2) is 0 Å². The molecule has 4 rings (SSSR count). The number of hydrogen-bond acceptors (Lipinski definition) is 3. The van der Waals surface area contributed by atoms with Crippen molar-refractivity contribution in [3.8, 4) is 0 Å². The van der Waals surface area contributed by atoms with Gasteiger partial charge < -0.3 is 15.1 Å². The summed E-state index contributed by atoms with van der Waals surface area (Å²) in [6.07, 6.45) is 3.70. The zero-order valence-corrected chi connectivity index (χ0v) is 14.9. The van der Waals surface area contributed by atoms with Crippen LogP contribution in [0.1, 0.15) is 30.5 Å². The Labute approximate surface area is 157 Å². The zero-order valence-electron chi connectivity index (χ0n) is 14.9. The van der Waals surface area contributed by atoms with Gasteiger partial charge >= 0.3 is 0 Å². The maximum Gasteiger partial charge on any atom is 0.244 e. The molecule has 0 aliphatic carbocycles. The second-order valence-corrected chi connectivity index (χ2v) is 6.64. The predicted molar refractivity (Wildman–Crippen MR) is 103 cm³/mol. The van der Waals surface area contributed by atoms with Crippen molar-refractivity contribution < 1.29 is 14.4 Å². The Morgan fingerprint density at radius 2 is 1.85 bits per heavy atom. The summed E-state index contributed by atoms with van der Waals surface area (Å²) in [5, 5.41) is 2.78. The number of hydrogen-bond donors (Lipinski definition) is 1. The average Bonchev–Trinajstić information content (AvgIpc) is 2.67. The van der Waals surface area contributed by atoms with E-state index in [2.05, 4.69) is 5.32 Å². The minimum atomic E-state index is -0.395. The number of carbonyl (C=O) groups is 3. The molecule has 1 atom stereocenters. The fourth-order valence-electron chi connectivity index (χ4n) is 3.64. The summed E-state index contributed by atoms with van der Waals surface area (Å²) in [7, 11) is 0. The summed E-state index contributed by atoms with van der Waals surface area (Å²) >= 11 is 0. The summed E-state index contributed by atoms with van der Waals surface area (Å²) in [6, 6.07) is 14.6. The Morgan fingerprint density at radius 1 is 1.11 bits per heavy atom. The Morgan fingerprint density at radius 3 is 2.67 bits per heavy atom. The minimum absolute atomic E-state index is 0.0277. The van der Waals surface area contributed by atoms with Crippen molar-refractivity contribution in [3.63, 3.8) is 0 Å². The van der Waals surface area contributed by atoms with Crippen LogP contribution in [0.2, 0.25) is 0 Å². The highest BCUT2D eigenvalue weighted by atomic mass is 16.2. The lowest BCUT2D eigenvalue weighted by Crippen LogP contribution is -2.44. The van der Waals surface area contributed by atoms with Crippen molar-refractivity contribution in [2.75, 3.05) is 16.8 Å². The number of benzene rings is 2. The van der Waals surface area contributed by atoms with Gasteiger partial charge in [0, 0.05) is 13.1 Å². The molecule has 2 heterocycles. The van der Waals surface area contributed by atoms with Crippen molar-refractivity contribution in [1.29, 1.82) is 0 Å². The van der Waals surface area contributed by atoms with Gasteiger partial charge in [-0.1, -0.05) is 36.4 Å². The summed E-state index contributed by atoms with van der Waals surface area (Å²) in [6.45, 7) is 1.46. The van der Waals surface area contributed by atoms with Gasteiger partial charge in [0.05, 0.1) is 23.8 Å². The van der Waals surface area contributed by atoms with Crippen molar-refractivity contribution in [1.82, 2.24) is 4.90 Å². The first kappa shape index (κ1) is 17.0. The molecule has 136 valence electrons. The highest BCUT2D eigenvalue weighted by molar-refractivity contribution is 6.10. The quantitative estimate of drug-likeness (QED) is 0.894. The van der Waals surface area contributed by atoms with Gasteiger partial charge in [-0.2, -0.15) is 0 Å². The summed E-state index contributed by atoms with van der Waals surface area (Å²) in [5.74, 6) is -0.552. The second kappa shape index (κ2) is 6.72. The molecule has 2 aromatic rings. The maximum atomic E-state index is 13.1. The Kier molecular flexibility index (Phi) is 4.24. The van der Waals surface area contributed by atoms with Crippen LogP contribution in [-0.2, 0) is 14.4 Å². The van der Waals surface area contributed by atoms with Crippen LogP contribution in [0.15, 0.2) is 54.7 Å². The van der Waals surface area contributed by atoms with E-state index in [1.54, 1.807) is 17.2 Å².